The molecule has 0 radical (unpaired) electrons. The SMILES string of the molecule is CN1C2CCC1CC(CN)(N1CCC3CCCCC31)C2. The molecular weight excluding hydrogens is 246 g/mol. The molecule has 1 aliphatic carbocycles. The highest BCUT2D eigenvalue weighted by atomic mass is 15.3. The monoisotopic (exact) mass is 277 g/mol. The van der Waals surface area contributed by atoms with Crippen molar-refractivity contribution in [2.45, 2.75) is 81.5 Å². The Balaban J connectivity index is 1.59. The average molecular weight is 277 g/mol. The average Bonchev–Trinajstić information content (AvgIpc) is 2.98. The first-order valence-corrected chi connectivity index (χ1v) is 8.92. The molecule has 0 spiro atoms. The van der Waals surface area contributed by atoms with Gasteiger partial charge in [0.05, 0.1) is 0 Å². The highest BCUT2D eigenvalue weighted by Gasteiger charge is 2.53. The first-order chi connectivity index (χ1) is 9.73. The van der Waals surface area contributed by atoms with Gasteiger partial charge in [0, 0.05) is 30.2 Å². The maximum atomic E-state index is 6.38. The van der Waals surface area contributed by atoms with Crippen molar-refractivity contribution >= 4 is 0 Å². The van der Waals surface area contributed by atoms with Crippen molar-refractivity contribution in [3.8, 4) is 0 Å². The second-order valence-corrected chi connectivity index (χ2v) is 7.98. The summed E-state index contributed by atoms with van der Waals surface area (Å²) in [5.74, 6) is 0.990. The summed E-state index contributed by atoms with van der Waals surface area (Å²) >= 11 is 0. The van der Waals surface area contributed by atoms with E-state index in [9.17, 15) is 0 Å². The topological polar surface area (TPSA) is 32.5 Å². The molecule has 3 heteroatoms. The van der Waals surface area contributed by atoms with Crippen molar-refractivity contribution in [1.82, 2.24) is 9.80 Å². The van der Waals surface area contributed by atoms with Gasteiger partial charge in [-0.2, -0.15) is 0 Å². The lowest BCUT2D eigenvalue weighted by atomic mass is 9.78. The second kappa shape index (κ2) is 4.96. The van der Waals surface area contributed by atoms with Gasteiger partial charge in [0.15, 0.2) is 0 Å². The van der Waals surface area contributed by atoms with Crippen LogP contribution < -0.4 is 5.73 Å². The minimum atomic E-state index is 0.342. The van der Waals surface area contributed by atoms with E-state index in [1.54, 1.807) is 0 Å². The number of nitrogens with zero attached hydrogens (tertiary/aromatic N) is 2. The molecule has 0 aromatic heterocycles. The molecule has 114 valence electrons. The number of hydrogen-bond acceptors (Lipinski definition) is 3. The predicted molar refractivity (Wildman–Crippen MR) is 82.7 cm³/mol. The first kappa shape index (κ1) is 13.5. The molecule has 3 heterocycles. The van der Waals surface area contributed by atoms with Gasteiger partial charge in [-0.1, -0.05) is 12.8 Å². The smallest absolute Gasteiger partial charge is 0.0364 e. The highest BCUT2D eigenvalue weighted by molar-refractivity contribution is 5.10. The number of likely N-dealkylation sites (tertiary alicyclic amines) is 1. The van der Waals surface area contributed by atoms with E-state index in [4.69, 9.17) is 5.73 Å². The molecule has 3 nitrogen and oxygen atoms in total. The van der Waals surface area contributed by atoms with Gasteiger partial charge in [-0.05, 0) is 64.5 Å². The van der Waals surface area contributed by atoms with E-state index in [0.29, 0.717) is 5.54 Å². The van der Waals surface area contributed by atoms with Gasteiger partial charge < -0.3 is 10.6 Å². The van der Waals surface area contributed by atoms with Crippen LogP contribution in [0.5, 0.6) is 0 Å². The van der Waals surface area contributed by atoms with Crippen LogP contribution in [-0.2, 0) is 0 Å². The molecule has 0 aromatic rings. The fraction of sp³-hybridized carbons (Fsp3) is 1.00. The lowest BCUT2D eigenvalue weighted by Gasteiger charge is -2.52. The normalized spacial score (nSPS) is 49.5. The summed E-state index contributed by atoms with van der Waals surface area (Å²) in [7, 11) is 2.34. The minimum absolute atomic E-state index is 0.342. The Morgan fingerprint density at radius 2 is 1.70 bits per heavy atom. The molecule has 2 bridgehead atoms. The van der Waals surface area contributed by atoms with E-state index in [1.165, 1.54) is 64.3 Å². The van der Waals surface area contributed by atoms with Crippen molar-refractivity contribution < 1.29 is 0 Å². The van der Waals surface area contributed by atoms with E-state index < -0.39 is 0 Å². The fourth-order valence-electron chi connectivity index (χ4n) is 6.06. The van der Waals surface area contributed by atoms with Crippen molar-refractivity contribution in [1.29, 1.82) is 0 Å². The summed E-state index contributed by atoms with van der Waals surface area (Å²) in [6.07, 6.45) is 12.8. The molecule has 2 N–H and O–H groups in total. The van der Waals surface area contributed by atoms with Crippen LogP contribution in [0.4, 0.5) is 0 Å². The zero-order valence-corrected chi connectivity index (χ0v) is 13.1. The Labute approximate surface area is 123 Å². The summed E-state index contributed by atoms with van der Waals surface area (Å²) in [5.41, 5.74) is 6.72. The van der Waals surface area contributed by atoms with E-state index in [-0.39, 0.29) is 0 Å². The zero-order valence-electron chi connectivity index (χ0n) is 13.1. The first-order valence-electron chi connectivity index (χ1n) is 8.92. The Kier molecular flexibility index (Phi) is 3.36. The minimum Gasteiger partial charge on any atom is -0.329 e. The predicted octanol–water partition coefficient (Wildman–Crippen LogP) is 2.20. The molecule has 3 saturated heterocycles. The zero-order chi connectivity index (χ0) is 13.7. The number of nitrogens with two attached hydrogens (primary N) is 1. The van der Waals surface area contributed by atoms with Crippen molar-refractivity contribution in [2.24, 2.45) is 11.7 Å². The fourth-order valence-corrected chi connectivity index (χ4v) is 6.06. The lowest BCUT2D eigenvalue weighted by molar-refractivity contribution is -0.0177. The van der Waals surface area contributed by atoms with Gasteiger partial charge in [-0.15, -0.1) is 0 Å². The summed E-state index contributed by atoms with van der Waals surface area (Å²) in [6.45, 7) is 2.22. The van der Waals surface area contributed by atoms with Gasteiger partial charge in [-0.25, -0.2) is 0 Å². The molecule has 0 amide bonds. The maximum Gasteiger partial charge on any atom is 0.0364 e. The quantitative estimate of drug-likeness (QED) is 0.840. The van der Waals surface area contributed by atoms with Gasteiger partial charge in [0.1, 0.15) is 0 Å². The van der Waals surface area contributed by atoms with Crippen LogP contribution in [0.15, 0.2) is 0 Å². The molecule has 4 rings (SSSR count). The molecule has 4 aliphatic rings. The third kappa shape index (κ3) is 1.89. The van der Waals surface area contributed by atoms with Crippen molar-refractivity contribution in [3.05, 3.63) is 0 Å². The Morgan fingerprint density at radius 1 is 1.00 bits per heavy atom. The lowest BCUT2D eigenvalue weighted by Crippen LogP contribution is -2.63. The highest BCUT2D eigenvalue weighted by Crippen LogP contribution is 2.47. The molecule has 3 aliphatic heterocycles. The van der Waals surface area contributed by atoms with Gasteiger partial charge in [-0.3, -0.25) is 4.90 Å². The van der Waals surface area contributed by atoms with Gasteiger partial charge in [0.25, 0.3) is 0 Å². The van der Waals surface area contributed by atoms with Gasteiger partial charge >= 0.3 is 0 Å². The van der Waals surface area contributed by atoms with Crippen molar-refractivity contribution in [2.75, 3.05) is 20.1 Å². The van der Waals surface area contributed by atoms with E-state index in [0.717, 1.165) is 30.6 Å². The van der Waals surface area contributed by atoms with E-state index in [1.807, 2.05) is 0 Å². The molecular formula is C17H31N3. The maximum absolute atomic E-state index is 6.38. The van der Waals surface area contributed by atoms with Gasteiger partial charge in [0.2, 0.25) is 0 Å². The standard InChI is InChI=1S/C17H31N3/c1-19-14-6-7-15(19)11-17(10-14,12-18)20-9-8-13-4-2-3-5-16(13)20/h13-16H,2-12,18H2,1H3. The number of fused-ring (bicyclic) bond motifs is 3. The van der Waals surface area contributed by atoms with Crippen LogP contribution in [0.1, 0.15) is 57.8 Å². The Bertz CT molecular complexity index is 355. The molecule has 4 unspecified atom stereocenters. The van der Waals surface area contributed by atoms with Crippen LogP contribution in [0, 0.1) is 5.92 Å². The summed E-state index contributed by atoms with van der Waals surface area (Å²) in [6, 6.07) is 2.48. The van der Waals surface area contributed by atoms with Crippen LogP contribution in [0.2, 0.25) is 0 Å². The van der Waals surface area contributed by atoms with Crippen molar-refractivity contribution in [3.63, 3.8) is 0 Å². The molecule has 4 atom stereocenters. The molecule has 1 saturated carbocycles. The third-order valence-electron chi connectivity index (χ3n) is 7.22. The van der Waals surface area contributed by atoms with Crippen LogP contribution in [0.25, 0.3) is 0 Å². The Morgan fingerprint density at radius 3 is 2.40 bits per heavy atom. The second-order valence-electron chi connectivity index (χ2n) is 7.98. The summed E-state index contributed by atoms with van der Waals surface area (Å²) < 4.78 is 0. The van der Waals surface area contributed by atoms with Crippen LogP contribution in [-0.4, -0.2) is 53.6 Å². The number of piperidine rings is 1. The third-order valence-corrected chi connectivity index (χ3v) is 7.22. The molecule has 20 heavy (non-hydrogen) atoms. The van der Waals surface area contributed by atoms with Crippen LogP contribution >= 0.6 is 0 Å². The van der Waals surface area contributed by atoms with E-state index in [2.05, 4.69) is 16.8 Å². The summed E-state index contributed by atoms with van der Waals surface area (Å²) in [4.78, 5) is 5.57. The summed E-state index contributed by atoms with van der Waals surface area (Å²) in [5, 5.41) is 0. The van der Waals surface area contributed by atoms with Crippen LogP contribution in [0.3, 0.4) is 0 Å². The molecule has 4 fully saturated rings. The number of hydrogen-bond donors (Lipinski definition) is 1. The number of rotatable bonds is 2. The Hall–Kier alpha value is -0.120. The largest absolute Gasteiger partial charge is 0.329 e. The van der Waals surface area contributed by atoms with E-state index >= 15 is 0 Å². The molecule has 0 aromatic carbocycles.